The number of nitrogens with two attached hydrogens (primary N) is 1. The Morgan fingerprint density at radius 2 is 2.08 bits per heavy atom. The smallest absolute Gasteiger partial charge is 0.217 e. The fourth-order valence-electron chi connectivity index (χ4n) is 5.41. The van der Waals surface area contributed by atoms with Gasteiger partial charge in [-0.2, -0.15) is 0 Å². The Kier molecular flexibility index (Phi) is 4.69. The first-order valence-corrected chi connectivity index (χ1v) is 9.57. The van der Waals surface area contributed by atoms with E-state index in [-0.39, 0.29) is 5.91 Å². The molecule has 2 N–H and O–H groups in total. The largest absolute Gasteiger partial charge is 0.497 e. The Morgan fingerprint density at radius 3 is 2.80 bits per heavy atom. The molecule has 0 spiro atoms. The summed E-state index contributed by atoms with van der Waals surface area (Å²) in [5.41, 5.74) is 6.73. The maximum atomic E-state index is 11.1. The summed E-state index contributed by atoms with van der Waals surface area (Å²) in [6, 6.07) is 9.82. The number of amides is 1. The molecule has 5 nitrogen and oxygen atoms in total. The molecule has 4 saturated heterocycles. The lowest BCUT2D eigenvalue weighted by Crippen LogP contribution is -2.60. The Morgan fingerprint density at radius 1 is 1.28 bits per heavy atom. The van der Waals surface area contributed by atoms with Gasteiger partial charge in [0.15, 0.2) is 0 Å². The van der Waals surface area contributed by atoms with Crippen LogP contribution in [0.5, 0.6) is 5.75 Å². The third kappa shape index (κ3) is 3.15. The summed E-state index contributed by atoms with van der Waals surface area (Å²) < 4.78 is 5.45. The molecule has 2 bridgehead atoms. The number of carbonyl (C=O) groups is 1. The highest BCUT2D eigenvalue weighted by molar-refractivity contribution is 5.73. The number of primary amides is 1. The van der Waals surface area contributed by atoms with Gasteiger partial charge in [-0.05, 0) is 62.5 Å². The predicted molar refractivity (Wildman–Crippen MR) is 97.6 cm³/mol. The number of methoxy groups -OCH3 is 1. The van der Waals surface area contributed by atoms with Gasteiger partial charge in [-0.15, -0.1) is 0 Å². The van der Waals surface area contributed by atoms with Crippen LogP contribution in [0.3, 0.4) is 0 Å². The minimum Gasteiger partial charge on any atom is -0.497 e. The summed E-state index contributed by atoms with van der Waals surface area (Å²) in [4.78, 5) is 16.5. The Balaban J connectivity index is 1.58. The van der Waals surface area contributed by atoms with Crippen molar-refractivity contribution in [1.29, 1.82) is 0 Å². The summed E-state index contributed by atoms with van der Waals surface area (Å²) in [6.45, 7) is 4.53. The highest BCUT2D eigenvalue weighted by atomic mass is 16.5. The zero-order valence-electron chi connectivity index (χ0n) is 15.1. The summed E-state index contributed by atoms with van der Waals surface area (Å²) in [5.74, 6) is 2.09. The fraction of sp³-hybridized carbons (Fsp3) is 0.650. The molecular weight excluding hydrogens is 314 g/mol. The normalized spacial score (nSPS) is 34.0. The van der Waals surface area contributed by atoms with Crippen LogP contribution in [0.25, 0.3) is 0 Å². The first-order chi connectivity index (χ1) is 12.2. The molecule has 0 aromatic heterocycles. The van der Waals surface area contributed by atoms with Crippen molar-refractivity contribution in [1.82, 2.24) is 9.80 Å². The van der Waals surface area contributed by atoms with Gasteiger partial charge in [0.25, 0.3) is 0 Å². The maximum absolute atomic E-state index is 11.1. The topological polar surface area (TPSA) is 58.8 Å². The van der Waals surface area contributed by atoms with E-state index in [4.69, 9.17) is 10.5 Å². The summed E-state index contributed by atoms with van der Waals surface area (Å²) in [7, 11) is 1.73. The van der Waals surface area contributed by atoms with Gasteiger partial charge < -0.3 is 10.5 Å². The summed E-state index contributed by atoms with van der Waals surface area (Å²) >= 11 is 0. The SMILES string of the molecule is COc1cccc([C@@H]2CN(CCCC(N)=O)[C@@H]3C4CCN(CC4)[C@@H]32)c1. The van der Waals surface area contributed by atoms with Crippen molar-refractivity contribution in [3.63, 3.8) is 0 Å². The van der Waals surface area contributed by atoms with Gasteiger partial charge in [0.1, 0.15) is 5.75 Å². The molecule has 5 heteroatoms. The number of fused-ring (bicyclic) bond motifs is 2. The second kappa shape index (κ2) is 6.96. The molecule has 5 rings (SSSR count). The molecule has 4 heterocycles. The van der Waals surface area contributed by atoms with Gasteiger partial charge in [0.2, 0.25) is 5.91 Å². The molecule has 0 radical (unpaired) electrons. The molecule has 25 heavy (non-hydrogen) atoms. The molecule has 0 aliphatic carbocycles. The van der Waals surface area contributed by atoms with Crippen molar-refractivity contribution >= 4 is 5.91 Å². The number of piperidine rings is 3. The van der Waals surface area contributed by atoms with Crippen LogP contribution in [-0.4, -0.2) is 61.1 Å². The van der Waals surface area contributed by atoms with Crippen LogP contribution in [-0.2, 0) is 4.79 Å². The van der Waals surface area contributed by atoms with E-state index in [1.54, 1.807) is 7.11 Å². The number of rotatable bonds is 6. The lowest BCUT2D eigenvalue weighted by Gasteiger charge is -2.51. The average Bonchev–Trinajstić information content (AvgIpc) is 3.04. The molecule has 0 saturated carbocycles. The molecule has 4 aliphatic heterocycles. The lowest BCUT2D eigenvalue weighted by atomic mass is 9.75. The van der Waals surface area contributed by atoms with Crippen molar-refractivity contribution in [2.45, 2.75) is 43.7 Å². The van der Waals surface area contributed by atoms with E-state index in [9.17, 15) is 4.79 Å². The van der Waals surface area contributed by atoms with Crippen molar-refractivity contribution in [3.8, 4) is 5.75 Å². The number of likely N-dealkylation sites (tertiary alicyclic amines) is 1. The van der Waals surface area contributed by atoms with Crippen LogP contribution in [0, 0.1) is 5.92 Å². The second-order valence-electron chi connectivity index (χ2n) is 7.80. The van der Waals surface area contributed by atoms with Crippen LogP contribution >= 0.6 is 0 Å². The van der Waals surface area contributed by atoms with Crippen molar-refractivity contribution in [3.05, 3.63) is 29.8 Å². The fourth-order valence-corrected chi connectivity index (χ4v) is 5.41. The van der Waals surface area contributed by atoms with Gasteiger partial charge in [0, 0.05) is 31.0 Å². The Labute approximate surface area is 150 Å². The number of hydrogen-bond donors (Lipinski definition) is 1. The minimum atomic E-state index is -0.186. The quantitative estimate of drug-likeness (QED) is 0.856. The molecule has 1 aromatic carbocycles. The molecule has 4 aliphatic rings. The number of nitrogens with zero attached hydrogens (tertiary/aromatic N) is 2. The average molecular weight is 343 g/mol. The number of ether oxygens (including phenoxy) is 1. The van der Waals surface area contributed by atoms with Crippen molar-refractivity contribution in [2.24, 2.45) is 11.7 Å². The molecule has 4 fully saturated rings. The minimum absolute atomic E-state index is 0.186. The highest BCUT2D eigenvalue weighted by Gasteiger charge is 2.52. The van der Waals surface area contributed by atoms with Gasteiger partial charge in [-0.1, -0.05) is 12.1 Å². The van der Waals surface area contributed by atoms with Gasteiger partial charge in [-0.25, -0.2) is 0 Å². The number of hydrogen-bond acceptors (Lipinski definition) is 4. The molecule has 1 aromatic rings. The van der Waals surface area contributed by atoms with Gasteiger partial charge in [0.05, 0.1) is 7.11 Å². The molecule has 3 atom stereocenters. The first-order valence-electron chi connectivity index (χ1n) is 9.57. The zero-order chi connectivity index (χ0) is 17.4. The monoisotopic (exact) mass is 343 g/mol. The number of benzene rings is 1. The summed E-state index contributed by atoms with van der Waals surface area (Å²) in [5, 5.41) is 0. The lowest BCUT2D eigenvalue weighted by molar-refractivity contribution is -0.118. The molecule has 1 amide bonds. The molecule has 136 valence electrons. The van der Waals surface area contributed by atoms with Crippen LogP contribution in [0.1, 0.15) is 37.2 Å². The number of carbonyl (C=O) groups excluding carboxylic acids is 1. The third-order valence-corrected chi connectivity index (χ3v) is 6.48. The standard InChI is InChI=1S/C20H29N3O2/c1-25-16-5-2-4-15(12-16)17-13-23(9-3-6-18(21)24)19-14-7-10-22(11-8-14)20(17)19/h2,4-5,12,14,17,19-20H,3,6-11,13H2,1H3,(H2,21,24)/t17-,19+,20+/m0/s1. The van der Waals surface area contributed by atoms with Crippen molar-refractivity contribution < 1.29 is 9.53 Å². The molecule has 0 unspecified atom stereocenters. The zero-order valence-corrected chi connectivity index (χ0v) is 15.1. The van der Waals surface area contributed by atoms with E-state index >= 15 is 0 Å². The summed E-state index contributed by atoms with van der Waals surface area (Å²) in [6.07, 6.45) is 4.00. The van der Waals surface area contributed by atoms with Crippen LogP contribution < -0.4 is 10.5 Å². The van der Waals surface area contributed by atoms with E-state index in [0.29, 0.717) is 24.4 Å². The van der Waals surface area contributed by atoms with Crippen LogP contribution in [0.15, 0.2) is 24.3 Å². The van der Waals surface area contributed by atoms with E-state index in [1.165, 1.54) is 31.5 Å². The first kappa shape index (κ1) is 16.9. The third-order valence-electron chi connectivity index (χ3n) is 6.48. The van der Waals surface area contributed by atoms with E-state index in [2.05, 4.69) is 28.0 Å². The van der Waals surface area contributed by atoms with Gasteiger partial charge >= 0.3 is 0 Å². The van der Waals surface area contributed by atoms with Gasteiger partial charge in [-0.3, -0.25) is 14.6 Å². The Bertz CT molecular complexity index is 627. The Hall–Kier alpha value is -1.59. The van der Waals surface area contributed by atoms with Crippen LogP contribution in [0.2, 0.25) is 0 Å². The maximum Gasteiger partial charge on any atom is 0.217 e. The highest BCUT2D eigenvalue weighted by Crippen LogP contribution is 2.46. The van der Waals surface area contributed by atoms with Crippen LogP contribution in [0.4, 0.5) is 0 Å². The van der Waals surface area contributed by atoms with E-state index in [1.807, 2.05) is 6.07 Å². The predicted octanol–water partition coefficient (Wildman–Crippen LogP) is 1.82. The van der Waals surface area contributed by atoms with E-state index < -0.39 is 0 Å². The van der Waals surface area contributed by atoms with Crippen molar-refractivity contribution in [2.75, 3.05) is 33.3 Å². The molecular formula is C20H29N3O2. The second-order valence-corrected chi connectivity index (χ2v) is 7.80. The van der Waals surface area contributed by atoms with E-state index in [0.717, 1.165) is 31.2 Å².